The van der Waals surface area contributed by atoms with Gasteiger partial charge in [-0.05, 0) is 49.7 Å². The van der Waals surface area contributed by atoms with E-state index >= 15 is 0 Å². The number of hydrogen-bond donors (Lipinski definition) is 1. The van der Waals surface area contributed by atoms with Gasteiger partial charge in [0.15, 0.2) is 16.1 Å². The highest BCUT2D eigenvalue weighted by Crippen LogP contribution is 2.26. The van der Waals surface area contributed by atoms with E-state index in [1.165, 1.54) is 23.1 Å². The van der Waals surface area contributed by atoms with Gasteiger partial charge in [-0.3, -0.25) is 4.79 Å². The third-order valence-electron chi connectivity index (χ3n) is 4.48. The van der Waals surface area contributed by atoms with Gasteiger partial charge in [-0.2, -0.15) is 0 Å². The van der Waals surface area contributed by atoms with Gasteiger partial charge in [-0.1, -0.05) is 46.8 Å². The molecule has 10 heteroatoms. The number of halogens is 1. The van der Waals surface area contributed by atoms with Gasteiger partial charge >= 0.3 is 0 Å². The average Bonchev–Trinajstić information content (AvgIpc) is 3.35. The molecule has 31 heavy (non-hydrogen) atoms. The fourth-order valence-corrected chi connectivity index (χ4v) is 4.74. The molecule has 4 aromatic rings. The van der Waals surface area contributed by atoms with Gasteiger partial charge in [-0.15, -0.1) is 10.2 Å². The van der Waals surface area contributed by atoms with Crippen molar-refractivity contribution in [2.45, 2.75) is 32.2 Å². The van der Waals surface area contributed by atoms with Crippen molar-refractivity contribution < 1.29 is 9.53 Å². The minimum absolute atomic E-state index is 0.135. The van der Waals surface area contributed by atoms with Crippen LogP contribution in [0.4, 0.5) is 5.13 Å². The number of nitrogens with zero attached hydrogens (tertiary/aromatic N) is 4. The number of ether oxygens (including phenoxy) is 1. The Bertz CT molecular complexity index is 1190. The summed E-state index contributed by atoms with van der Waals surface area (Å²) in [5.74, 6) is 1.50. The van der Waals surface area contributed by atoms with Crippen LogP contribution in [0.3, 0.4) is 0 Å². The van der Waals surface area contributed by atoms with Gasteiger partial charge in [0.1, 0.15) is 12.4 Å². The van der Waals surface area contributed by atoms with Crippen molar-refractivity contribution in [2.75, 3.05) is 11.1 Å². The summed E-state index contributed by atoms with van der Waals surface area (Å²) in [6, 6.07) is 13.3. The van der Waals surface area contributed by atoms with E-state index in [2.05, 4.69) is 20.5 Å². The third kappa shape index (κ3) is 5.17. The number of amides is 1. The summed E-state index contributed by atoms with van der Waals surface area (Å²) in [7, 11) is 0. The molecule has 4 rings (SSSR count). The second-order valence-corrected chi connectivity index (χ2v) is 9.05. The second kappa shape index (κ2) is 9.67. The molecular weight excluding hydrogens is 454 g/mol. The first-order chi connectivity index (χ1) is 15.0. The Labute approximate surface area is 192 Å². The number of thiazole rings is 1. The number of para-hydroxylation sites is 1. The van der Waals surface area contributed by atoms with E-state index in [0.29, 0.717) is 27.7 Å². The Hall–Kier alpha value is -2.62. The normalized spacial score (nSPS) is 11.1. The quantitative estimate of drug-likeness (QED) is 0.355. The Kier molecular flexibility index (Phi) is 6.74. The highest BCUT2D eigenvalue weighted by atomic mass is 35.5. The molecule has 0 radical (unpaired) electrons. The maximum absolute atomic E-state index is 12.4. The van der Waals surface area contributed by atoms with Crippen LogP contribution in [0.2, 0.25) is 5.02 Å². The van der Waals surface area contributed by atoms with Crippen LogP contribution in [-0.2, 0) is 17.9 Å². The first kappa shape index (κ1) is 21.6. The molecule has 0 spiro atoms. The molecule has 0 fully saturated rings. The predicted molar refractivity (Wildman–Crippen MR) is 125 cm³/mol. The highest BCUT2D eigenvalue weighted by molar-refractivity contribution is 7.99. The maximum atomic E-state index is 12.4. The zero-order valence-electron chi connectivity index (χ0n) is 17.0. The fourth-order valence-electron chi connectivity index (χ4n) is 2.92. The molecule has 2 heterocycles. The SMILES string of the molecule is CCn1c(COc2ccc(Cl)c(C)c2)nnc1SCC(=O)Nc1nc2ccccc2s1. The van der Waals surface area contributed by atoms with Crippen molar-refractivity contribution in [2.24, 2.45) is 0 Å². The molecule has 0 aliphatic rings. The number of aryl methyl sites for hydroxylation is 1. The minimum atomic E-state index is -0.135. The standard InChI is InChI=1S/C21H20ClN5O2S2/c1-3-27-18(11-29-14-8-9-15(22)13(2)10-14)25-26-21(27)30-12-19(28)24-20-23-16-6-4-5-7-17(16)31-20/h4-10H,3,11-12H2,1-2H3,(H,23,24,28). The average molecular weight is 474 g/mol. The van der Waals surface area contributed by atoms with Crippen LogP contribution in [0, 0.1) is 6.92 Å². The lowest BCUT2D eigenvalue weighted by atomic mass is 10.2. The van der Waals surface area contributed by atoms with Crippen LogP contribution in [-0.4, -0.2) is 31.4 Å². The van der Waals surface area contributed by atoms with Crippen molar-refractivity contribution in [3.8, 4) is 5.75 Å². The molecule has 2 aromatic carbocycles. The van der Waals surface area contributed by atoms with Crippen molar-refractivity contribution >= 4 is 56.0 Å². The van der Waals surface area contributed by atoms with Crippen molar-refractivity contribution in [3.63, 3.8) is 0 Å². The third-order valence-corrected chi connectivity index (χ3v) is 6.82. The predicted octanol–water partition coefficient (Wildman–Crippen LogP) is 5.18. The summed E-state index contributed by atoms with van der Waals surface area (Å²) in [6.45, 7) is 4.88. The van der Waals surface area contributed by atoms with Crippen LogP contribution in [0.15, 0.2) is 47.6 Å². The summed E-state index contributed by atoms with van der Waals surface area (Å²) in [4.78, 5) is 16.8. The Morgan fingerprint density at radius 1 is 1.26 bits per heavy atom. The van der Waals surface area contributed by atoms with Gasteiger partial charge in [0.25, 0.3) is 0 Å². The Morgan fingerprint density at radius 3 is 2.87 bits per heavy atom. The number of aromatic nitrogens is 4. The Balaban J connectivity index is 1.35. The van der Waals surface area contributed by atoms with E-state index in [0.717, 1.165) is 21.5 Å². The van der Waals surface area contributed by atoms with Crippen LogP contribution in [0.5, 0.6) is 5.75 Å². The highest BCUT2D eigenvalue weighted by Gasteiger charge is 2.15. The van der Waals surface area contributed by atoms with E-state index in [-0.39, 0.29) is 18.3 Å². The number of hydrogen-bond acceptors (Lipinski definition) is 7. The fraction of sp³-hybridized carbons (Fsp3) is 0.238. The monoisotopic (exact) mass is 473 g/mol. The first-order valence-corrected chi connectivity index (χ1v) is 11.8. The van der Waals surface area contributed by atoms with Gasteiger partial charge in [0, 0.05) is 11.6 Å². The molecule has 0 saturated carbocycles. The Morgan fingerprint density at radius 2 is 2.10 bits per heavy atom. The molecule has 160 valence electrons. The van der Waals surface area contributed by atoms with E-state index < -0.39 is 0 Å². The van der Waals surface area contributed by atoms with E-state index in [1.807, 2.05) is 60.9 Å². The molecule has 2 aromatic heterocycles. The van der Waals surface area contributed by atoms with E-state index in [4.69, 9.17) is 16.3 Å². The zero-order chi connectivity index (χ0) is 21.8. The summed E-state index contributed by atoms with van der Waals surface area (Å²) in [5, 5.41) is 13.3. The smallest absolute Gasteiger partial charge is 0.236 e. The summed E-state index contributed by atoms with van der Waals surface area (Å²) < 4.78 is 8.82. The zero-order valence-corrected chi connectivity index (χ0v) is 19.4. The number of carbonyl (C=O) groups is 1. The van der Waals surface area contributed by atoms with Crippen LogP contribution in [0.25, 0.3) is 10.2 Å². The van der Waals surface area contributed by atoms with E-state index in [1.54, 1.807) is 0 Å². The van der Waals surface area contributed by atoms with E-state index in [9.17, 15) is 4.79 Å². The van der Waals surface area contributed by atoms with Crippen molar-refractivity contribution in [1.29, 1.82) is 0 Å². The minimum Gasteiger partial charge on any atom is -0.486 e. The lowest BCUT2D eigenvalue weighted by molar-refractivity contribution is -0.113. The molecule has 1 N–H and O–H groups in total. The van der Waals surface area contributed by atoms with Gasteiger partial charge in [0.2, 0.25) is 5.91 Å². The molecule has 0 aliphatic carbocycles. The lowest BCUT2D eigenvalue weighted by Gasteiger charge is -2.09. The van der Waals surface area contributed by atoms with Crippen LogP contribution >= 0.6 is 34.7 Å². The largest absolute Gasteiger partial charge is 0.486 e. The molecule has 0 aliphatic heterocycles. The molecule has 0 bridgehead atoms. The molecule has 0 saturated heterocycles. The molecule has 1 amide bonds. The first-order valence-electron chi connectivity index (χ1n) is 9.62. The lowest BCUT2D eigenvalue weighted by Crippen LogP contribution is -2.14. The number of rotatable bonds is 8. The van der Waals surface area contributed by atoms with Gasteiger partial charge in [-0.25, -0.2) is 4.98 Å². The molecular formula is C21H20ClN5O2S2. The van der Waals surface area contributed by atoms with Gasteiger partial charge < -0.3 is 14.6 Å². The van der Waals surface area contributed by atoms with Crippen molar-refractivity contribution in [1.82, 2.24) is 19.7 Å². The van der Waals surface area contributed by atoms with Crippen LogP contribution < -0.4 is 10.1 Å². The maximum Gasteiger partial charge on any atom is 0.236 e. The van der Waals surface area contributed by atoms with Gasteiger partial charge in [0.05, 0.1) is 16.0 Å². The number of fused-ring (bicyclic) bond motifs is 1. The number of thioether (sulfide) groups is 1. The summed E-state index contributed by atoms with van der Waals surface area (Å²) in [5.41, 5.74) is 1.83. The summed E-state index contributed by atoms with van der Waals surface area (Å²) >= 11 is 8.85. The molecule has 0 unspecified atom stereocenters. The number of benzene rings is 2. The number of carbonyl (C=O) groups excluding carboxylic acids is 1. The molecule has 7 nitrogen and oxygen atoms in total. The van der Waals surface area contributed by atoms with Crippen LogP contribution in [0.1, 0.15) is 18.3 Å². The number of nitrogens with one attached hydrogen (secondary N) is 1. The van der Waals surface area contributed by atoms with Crippen molar-refractivity contribution in [3.05, 3.63) is 58.9 Å². The second-order valence-electron chi connectivity index (χ2n) is 6.67. The topological polar surface area (TPSA) is 81.9 Å². The molecule has 0 atom stereocenters. The number of anilines is 1. The summed E-state index contributed by atoms with van der Waals surface area (Å²) in [6.07, 6.45) is 0.